The lowest BCUT2D eigenvalue weighted by molar-refractivity contribution is -0.144. The summed E-state index contributed by atoms with van der Waals surface area (Å²) in [5.41, 5.74) is 0. The first-order valence-electron chi connectivity index (χ1n) is 4.95. The van der Waals surface area contributed by atoms with Gasteiger partial charge >= 0.3 is 5.97 Å². The van der Waals surface area contributed by atoms with E-state index in [1.54, 1.807) is 6.92 Å². The molecule has 0 saturated heterocycles. The molecular weight excluding hydrogens is 182 g/mol. The molecule has 0 aliphatic heterocycles. The minimum absolute atomic E-state index is 0.0436. The monoisotopic (exact) mass is 203 g/mol. The standard InChI is InChI=1S/C10H21NO3/c1-7(2)9(6-12)11-5-8(3)10(13)14-4/h7-9,11-12H,5-6H2,1-4H3. The number of esters is 1. The quantitative estimate of drug-likeness (QED) is 0.614. The molecule has 0 rings (SSSR count). The summed E-state index contributed by atoms with van der Waals surface area (Å²) in [6.07, 6.45) is 0. The van der Waals surface area contributed by atoms with Crippen molar-refractivity contribution in [2.75, 3.05) is 20.3 Å². The van der Waals surface area contributed by atoms with E-state index in [4.69, 9.17) is 5.11 Å². The first-order chi connectivity index (χ1) is 6.52. The van der Waals surface area contributed by atoms with E-state index in [0.29, 0.717) is 12.5 Å². The summed E-state index contributed by atoms with van der Waals surface area (Å²) < 4.78 is 4.60. The predicted octanol–water partition coefficient (Wildman–Crippen LogP) is 0.402. The Morgan fingerprint density at radius 2 is 2.00 bits per heavy atom. The van der Waals surface area contributed by atoms with E-state index in [9.17, 15) is 4.79 Å². The smallest absolute Gasteiger partial charge is 0.309 e. The topological polar surface area (TPSA) is 58.6 Å². The fourth-order valence-electron chi connectivity index (χ4n) is 1.12. The number of carbonyl (C=O) groups excluding carboxylic acids is 1. The van der Waals surface area contributed by atoms with Crippen LogP contribution in [-0.2, 0) is 9.53 Å². The lowest BCUT2D eigenvalue weighted by atomic mass is 10.0. The molecule has 0 radical (unpaired) electrons. The average Bonchev–Trinajstić information content (AvgIpc) is 2.16. The first-order valence-corrected chi connectivity index (χ1v) is 4.95. The van der Waals surface area contributed by atoms with Crippen molar-refractivity contribution in [3.05, 3.63) is 0 Å². The van der Waals surface area contributed by atoms with Gasteiger partial charge in [0.2, 0.25) is 0 Å². The van der Waals surface area contributed by atoms with E-state index in [1.807, 2.05) is 13.8 Å². The molecule has 0 aliphatic carbocycles. The number of carbonyl (C=O) groups is 1. The van der Waals surface area contributed by atoms with Gasteiger partial charge in [0, 0.05) is 12.6 Å². The highest BCUT2D eigenvalue weighted by Gasteiger charge is 2.16. The minimum Gasteiger partial charge on any atom is -0.469 e. The summed E-state index contributed by atoms with van der Waals surface area (Å²) in [6, 6.07) is 0.0436. The van der Waals surface area contributed by atoms with Gasteiger partial charge in [-0.05, 0) is 5.92 Å². The Bertz CT molecular complexity index is 171. The maximum absolute atomic E-state index is 11.1. The molecule has 0 aromatic heterocycles. The fourth-order valence-corrected chi connectivity index (χ4v) is 1.12. The summed E-state index contributed by atoms with van der Waals surface area (Å²) in [5, 5.41) is 12.2. The zero-order chi connectivity index (χ0) is 11.1. The van der Waals surface area contributed by atoms with E-state index < -0.39 is 0 Å². The van der Waals surface area contributed by atoms with Crippen LogP contribution in [0.3, 0.4) is 0 Å². The van der Waals surface area contributed by atoms with Gasteiger partial charge in [0.25, 0.3) is 0 Å². The normalized spacial score (nSPS) is 15.3. The summed E-state index contributed by atoms with van der Waals surface area (Å²) in [5.74, 6) is -0.0457. The molecule has 2 atom stereocenters. The summed E-state index contributed by atoms with van der Waals surface area (Å²) in [7, 11) is 1.38. The van der Waals surface area contributed by atoms with Crippen LogP contribution in [0.2, 0.25) is 0 Å². The van der Waals surface area contributed by atoms with Gasteiger partial charge in [-0.15, -0.1) is 0 Å². The van der Waals surface area contributed by atoms with Gasteiger partial charge in [-0.1, -0.05) is 20.8 Å². The molecule has 0 fully saturated rings. The molecule has 0 bridgehead atoms. The van der Waals surface area contributed by atoms with Crippen LogP contribution in [0.1, 0.15) is 20.8 Å². The molecule has 0 heterocycles. The van der Waals surface area contributed by atoms with E-state index in [2.05, 4.69) is 10.1 Å². The molecule has 2 N–H and O–H groups in total. The number of aliphatic hydroxyl groups excluding tert-OH is 1. The van der Waals surface area contributed by atoms with Crippen LogP contribution in [0.15, 0.2) is 0 Å². The second kappa shape index (κ2) is 6.79. The van der Waals surface area contributed by atoms with Crippen LogP contribution in [0.25, 0.3) is 0 Å². The van der Waals surface area contributed by atoms with Crippen molar-refractivity contribution >= 4 is 5.97 Å². The maximum Gasteiger partial charge on any atom is 0.309 e. The molecule has 4 heteroatoms. The zero-order valence-electron chi connectivity index (χ0n) is 9.41. The molecule has 0 spiro atoms. The largest absolute Gasteiger partial charge is 0.469 e. The lowest BCUT2D eigenvalue weighted by Crippen LogP contribution is -2.40. The summed E-state index contributed by atoms with van der Waals surface area (Å²) >= 11 is 0. The Hall–Kier alpha value is -0.610. The van der Waals surface area contributed by atoms with E-state index in [0.717, 1.165) is 0 Å². The van der Waals surface area contributed by atoms with Gasteiger partial charge in [0.1, 0.15) is 0 Å². The molecule has 2 unspecified atom stereocenters. The number of ether oxygens (including phenoxy) is 1. The fraction of sp³-hybridized carbons (Fsp3) is 0.900. The first kappa shape index (κ1) is 13.4. The van der Waals surface area contributed by atoms with E-state index >= 15 is 0 Å². The highest BCUT2D eigenvalue weighted by atomic mass is 16.5. The van der Waals surface area contributed by atoms with Crippen LogP contribution in [0.4, 0.5) is 0 Å². The Morgan fingerprint density at radius 1 is 1.43 bits per heavy atom. The minimum atomic E-state index is -0.224. The molecule has 0 aromatic rings. The third kappa shape index (κ3) is 4.58. The average molecular weight is 203 g/mol. The molecule has 0 aliphatic rings. The molecule has 84 valence electrons. The van der Waals surface area contributed by atoms with Crippen LogP contribution < -0.4 is 5.32 Å². The van der Waals surface area contributed by atoms with Crippen molar-refractivity contribution in [2.24, 2.45) is 11.8 Å². The molecule has 4 nitrogen and oxygen atoms in total. The van der Waals surface area contributed by atoms with Crippen LogP contribution in [-0.4, -0.2) is 37.4 Å². The number of aliphatic hydroxyl groups is 1. The van der Waals surface area contributed by atoms with Gasteiger partial charge in [0.05, 0.1) is 19.6 Å². The number of rotatable bonds is 6. The van der Waals surface area contributed by atoms with Crippen LogP contribution in [0.5, 0.6) is 0 Å². The third-order valence-corrected chi connectivity index (χ3v) is 2.29. The molecular formula is C10H21NO3. The maximum atomic E-state index is 11.1. The van der Waals surface area contributed by atoms with Crippen molar-refractivity contribution in [2.45, 2.75) is 26.8 Å². The number of hydrogen-bond acceptors (Lipinski definition) is 4. The molecule has 0 saturated carbocycles. The zero-order valence-corrected chi connectivity index (χ0v) is 9.41. The van der Waals surface area contributed by atoms with Crippen molar-refractivity contribution in [3.63, 3.8) is 0 Å². The number of hydrogen-bond donors (Lipinski definition) is 2. The van der Waals surface area contributed by atoms with Gasteiger partial charge < -0.3 is 15.2 Å². The molecule has 0 amide bonds. The van der Waals surface area contributed by atoms with Gasteiger partial charge in [-0.2, -0.15) is 0 Å². The lowest BCUT2D eigenvalue weighted by Gasteiger charge is -2.21. The van der Waals surface area contributed by atoms with Crippen LogP contribution in [0, 0.1) is 11.8 Å². The molecule has 14 heavy (non-hydrogen) atoms. The van der Waals surface area contributed by atoms with Crippen molar-refractivity contribution < 1.29 is 14.6 Å². The van der Waals surface area contributed by atoms with Crippen LogP contribution >= 0.6 is 0 Å². The number of methoxy groups -OCH3 is 1. The Kier molecular flexibility index (Phi) is 6.49. The highest BCUT2D eigenvalue weighted by Crippen LogP contribution is 2.02. The Morgan fingerprint density at radius 3 is 2.36 bits per heavy atom. The van der Waals surface area contributed by atoms with Crippen molar-refractivity contribution in [1.29, 1.82) is 0 Å². The van der Waals surface area contributed by atoms with Gasteiger partial charge in [-0.25, -0.2) is 0 Å². The summed E-state index contributed by atoms with van der Waals surface area (Å²) in [4.78, 5) is 11.1. The third-order valence-electron chi connectivity index (χ3n) is 2.29. The summed E-state index contributed by atoms with van der Waals surface area (Å²) in [6.45, 7) is 6.47. The molecule has 0 aromatic carbocycles. The van der Waals surface area contributed by atoms with Crippen molar-refractivity contribution in [1.82, 2.24) is 5.32 Å². The second-order valence-corrected chi connectivity index (χ2v) is 3.87. The van der Waals surface area contributed by atoms with Crippen molar-refractivity contribution in [3.8, 4) is 0 Å². The number of nitrogens with one attached hydrogen (secondary N) is 1. The van der Waals surface area contributed by atoms with Gasteiger partial charge in [0.15, 0.2) is 0 Å². The highest BCUT2D eigenvalue weighted by molar-refractivity contribution is 5.72. The Balaban J connectivity index is 3.85. The van der Waals surface area contributed by atoms with E-state index in [1.165, 1.54) is 7.11 Å². The van der Waals surface area contributed by atoms with Gasteiger partial charge in [-0.3, -0.25) is 4.79 Å². The SMILES string of the molecule is COC(=O)C(C)CNC(CO)C(C)C. The Labute approximate surface area is 85.6 Å². The predicted molar refractivity (Wildman–Crippen MR) is 54.9 cm³/mol. The second-order valence-electron chi connectivity index (χ2n) is 3.87. The van der Waals surface area contributed by atoms with E-state index in [-0.39, 0.29) is 24.5 Å².